The molecule has 1 saturated carbocycles. The molecule has 4 aliphatic rings. The van der Waals surface area contributed by atoms with Gasteiger partial charge in [0.15, 0.2) is 0 Å². The zero-order valence-electron chi connectivity index (χ0n) is 16.7. The standard InChI is InChI=1S/C23H27N3O3/c27-21-19(22(28)26(23(29)24-21)18-8-2-1-3-9-18)14-15-12-16-6-4-10-25-11-5-7-17(13-15)20(16)25/h12-14,18H,1-11H2,(H,24,27,29)/b19-14+. The number of anilines is 1. The molecule has 152 valence electrons. The van der Waals surface area contributed by atoms with Crippen LogP contribution in [0.25, 0.3) is 6.08 Å². The molecule has 3 aliphatic heterocycles. The Kier molecular flexibility index (Phi) is 4.64. The number of carbonyl (C=O) groups is 3. The van der Waals surface area contributed by atoms with Crippen molar-refractivity contribution in [1.29, 1.82) is 0 Å². The fraction of sp³-hybridized carbons (Fsp3) is 0.522. The van der Waals surface area contributed by atoms with E-state index in [1.807, 2.05) is 0 Å². The van der Waals surface area contributed by atoms with E-state index in [4.69, 9.17) is 0 Å². The Bertz CT molecular complexity index is 883. The van der Waals surface area contributed by atoms with Gasteiger partial charge in [-0.05, 0) is 73.4 Å². The number of barbiturate groups is 1. The monoisotopic (exact) mass is 393 g/mol. The van der Waals surface area contributed by atoms with Crippen LogP contribution in [0.4, 0.5) is 10.5 Å². The summed E-state index contributed by atoms with van der Waals surface area (Å²) in [6.07, 6.45) is 10.8. The van der Waals surface area contributed by atoms with Crippen LogP contribution in [0.15, 0.2) is 17.7 Å². The van der Waals surface area contributed by atoms with Crippen LogP contribution in [-0.2, 0) is 22.4 Å². The summed E-state index contributed by atoms with van der Waals surface area (Å²) in [4.78, 5) is 41.8. The molecular weight excluding hydrogens is 366 g/mol. The fourth-order valence-electron chi connectivity index (χ4n) is 5.42. The van der Waals surface area contributed by atoms with Gasteiger partial charge in [0.2, 0.25) is 0 Å². The number of urea groups is 1. The Hall–Kier alpha value is -2.63. The smallest absolute Gasteiger partial charge is 0.331 e. The van der Waals surface area contributed by atoms with E-state index in [1.165, 1.54) is 21.7 Å². The molecule has 4 amide bonds. The molecule has 29 heavy (non-hydrogen) atoms. The average Bonchev–Trinajstić information content (AvgIpc) is 2.72. The predicted molar refractivity (Wildman–Crippen MR) is 111 cm³/mol. The second-order valence-electron chi connectivity index (χ2n) is 8.67. The van der Waals surface area contributed by atoms with Gasteiger partial charge in [0.05, 0.1) is 0 Å². The van der Waals surface area contributed by atoms with Crippen molar-refractivity contribution in [2.45, 2.75) is 63.8 Å². The van der Waals surface area contributed by atoms with Gasteiger partial charge in [-0.1, -0.05) is 19.3 Å². The molecule has 5 rings (SSSR count). The molecule has 1 saturated heterocycles. The maximum atomic E-state index is 13.1. The number of carbonyl (C=O) groups excluding carboxylic acids is 3. The van der Waals surface area contributed by atoms with E-state index in [9.17, 15) is 14.4 Å². The lowest BCUT2D eigenvalue weighted by molar-refractivity contribution is -0.132. The summed E-state index contributed by atoms with van der Waals surface area (Å²) in [7, 11) is 0. The molecule has 0 radical (unpaired) electrons. The molecule has 0 unspecified atom stereocenters. The molecule has 1 aromatic carbocycles. The van der Waals surface area contributed by atoms with Crippen LogP contribution in [0.2, 0.25) is 0 Å². The van der Waals surface area contributed by atoms with Crippen molar-refractivity contribution in [1.82, 2.24) is 10.2 Å². The van der Waals surface area contributed by atoms with Crippen LogP contribution in [0.5, 0.6) is 0 Å². The van der Waals surface area contributed by atoms with Crippen molar-refractivity contribution in [2.75, 3.05) is 18.0 Å². The number of aryl methyl sites for hydroxylation is 2. The number of amides is 4. The highest BCUT2D eigenvalue weighted by Crippen LogP contribution is 2.36. The van der Waals surface area contributed by atoms with E-state index in [2.05, 4.69) is 22.3 Å². The minimum Gasteiger partial charge on any atom is -0.371 e. The Morgan fingerprint density at radius 2 is 1.55 bits per heavy atom. The van der Waals surface area contributed by atoms with Crippen LogP contribution in [0, 0.1) is 0 Å². The summed E-state index contributed by atoms with van der Waals surface area (Å²) in [5.74, 6) is -1.03. The molecule has 0 spiro atoms. The van der Waals surface area contributed by atoms with Gasteiger partial charge in [0.25, 0.3) is 11.8 Å². The Morgan fingerprint density at radius 1 is 0.897 bits per heavy atom. The van der Waals surface area contributed by atoms with Crippen molar-refractivity contribution in [3.63, 3.8) is 0 Å². The Balaban J connectivity index is 1.50. The molecular formula is C23H27N3O3. The Labute approximate surface area is 170 Å². The largest absolute Gasteiger partial charge is 0.371 e. The summed E-state index contributed by atoms with van der Waals surface area (Å²) >= 11 is 0. The highest BCUT2D eigenvalue weighted by molar-refractivity contribution is 6.31. The van der Waals surface area contributed by atoms with Crippen molar-refractivity contribution < 1.29 is 14.4 Å². The van der Waals surface area contributed by atoms with E-state index < -0.39 is 17.8 Å². The summed E-state index contributed by atoms with van der Waals surface area (Å²) in [5.41, 5.74) is 4.95. The molecule has 1 aliphatic carbocycles. The molecule has 1 N–H and O–H groups in total. The molecule has 2 fully saturated rings. The van der Waals surface area contributed by atoms with E-state index >= 15 is 0 Å². The van der Waals surface area contributed by atoms with Gasteiger partial charge in [-0.25, -0.2) is 4.79 Å². The van der Waals surface area contributed by atoms with Crippen LogP contribution in [0.1, 0.15) is 61.6 Å². The normalized spacial score (nSPS) is 24.0. The topological polar surface area (TPSA) is 69.7 Å². The first-order valence-corrected chi connectivity index (χ1v) is 10.9. The van der Waals surface area contributed by atoms with Crippen molar-refractivity contribution in [3.8, 4) is 0 Å². The number of hydrogen-bond acceptors (Lipinski definition) is 4. The first-order valence-electron chi connectivity index (χ1n) is 10.9. The first kappa shape index (κ1) is 18.4. The fourth-order valence-corrected chi connectivity index (χ4v) is 5.42. The van der Waals surface area contributed by atoms with Crippen molar-refractivity contribution in [3.05, 3.63) is 34.4 Å². The molecule has 6 heteroatoms. The van der Waals surface area contributed by atoms with Crippen molar-refractivity contribution in [2.24, 2.45) is 0 Å². The highest BCUT2D eigenvalue weighted by atomic mass is 16.2. The Morgan fingerprint density at radius 3 is 2.21 bits per heavy atom. The van der Waals surface area contributed by atoms with Gasteiger partial charge in [0.1, 0.15) is 5.57 Å². The summed E-state index contributed by atoms with van der Waals surface area (Å²) in [5, 5.41) is 2.39. The lowest BCUT2D eigenvalue weighted by Gasteiger charge is -2.37. The summed E-state index contributed by atoms with van der Waals surface area (Å²) < 4.78 is 0. The van der Waals surface area contributed by atoms with E-state index in [0.29, 0.717) is 0 Å². The molecule has 0 atom stereocenters. The maximum Gasteiger partial charge on any atom is 0.331 e. The van der Waals surface area contributed by atoms with E-state index in [1.54, 1.807) is 6.08 Å². The third-order valence-electron chi connectivity index (χ3n) is 6.74. The minimum absolute atomic E-state index is 0.0748. The van der Waals surface area contributed by atoms with Crippen LogP contribution in [0.3, 0.4) is 0 Å². The number of rotatable bonds is 2. The quantitative estimate of drug-likeness (QED) is 0.619. The average molecular weight is 393 g/mol. The number of hydrogen-bond donors (Lipinski definition) is 1. The lowest BCUT2D eigenvalue weighted by atomic mass is 9.89. The SMILES string of the molecule is O=C1NC(=O)N(C2CCCCC2)C(=O)/C1=C/c1cc2c3c(c1)CCCN3CCC2. The van der Waals surface area contributed by atoms with E-state index in [0.717, 1.165) is 76.4 Å². The number of nitrogens with zero attached hydrogens (tertiary/aromatic N) is 2. The number of imide groups is 2. The predicted octanol–water partition coefficient (Wildman–Crippen LogP) is 3.18. The number of nitrogens with one attached hydrogen (secondary N) is 1. The van der Waals surface area contributed by atoms with Gasteiger partial charge >= 0.3 is 6.03 Å². The zero-order valence-corrected chi connectivity index (χ0v) is 16.7. The molecule has 0 bridgehead atoms. The van der Waals surface area contributed by atoms with Crippen LogP contribution >= 0.6 is 0 Å². The van der Waals surface area contributed by atoms with Crippen molar-refractivity contribution >= 4 is 29.6 Å². The van der Waals surface area contributed by atoms with Gasteiger partial charge in [-0.3, -0.25) is 19.8 Å². The van der Waals surface area contributed by atoms with Gasteiger partial charge in [-0.2, -0.15) is 0 Å². The third-order valence-corrected chi connectivity index (χ3v) is 6.74. The zero-order chi connectivity index (χ0) is 20.0. The van der Waals surface area contributed by atoms with Crippen LogP contribution < -0.4 is 10.2 Å². The highest BCUT2D eigenvalue weighted by Gasteiger charge is 2.40. The van der Waals surface area contributed by atoms with E-state index in [-0.39, 0.29) is 11.6 Å². The summed E-state index contributed by atoms with van der Waals surface area (Å²) in [6, 6.07) is 3.56. The lowest BCUT2D eigenvalue weighted by Crippen LogP contribution is -2.58. The molecule has 0 aromatic heterocycles. The molecule has 1 aromatic rings. The van der Waals surface area contributed by atoms with Gasteiger partial charge in [-0.15, -0.1) is 0 Å². The van der Waals surface area contributed by atoms with Crippen LogP contribution in [-0.4, -0.2) is 41.9 Å². The third kappa shape index (κ3) is 3.24. The molecule has 3 heterocycles. The molecule has 6 nitrogen and oxygen atoms in total. The second-order valence-corrected chi connectivity index (χ2v) is 8.67. The summed E-state index contributed by atoms with van der Waals surface area (Å²) in [6.45, 7) is 2.22. The minimum atomic E-state index is -0.583. The second kappa shape index (κ2) is 7.32. The maximum absolute atomic E-state index is 13.1. The first-order chi connectivity index (χ1) is 14.1. The number of benzene rings is 1. The van der Waals surface area contributed by atoms with Gasteiger partial charge in [0, 0.05) is 24.8 Å². The van der Waals surface area contributed by atoms with Gasteiger partial charge < -0.3 is 4.90 Å².